The summed E-state index contributed by atoms with van der Waals surface area (Å²) in [5.74, 6) is -3.31. The van der Waals surface area contributed by atoms with Crippen LogP contribution in [0, 0.1) is 29.4 Å². The predicted molar refractivity (Wildman–Crippen MR) is 187 cm³/mol. The molecule has 3 N–H and O–H groups in total. The van der Waals surface area contributed by atoms with Gasteiger partial charge in [0.2, 0.25) is 11.9 Å². The van der Waals surface area contributed by atoms with Crippen molar-refractivity contribution in [1.29, 1.82) is 0 Å². The molecule has 0 unspecified atom stereocenters. The number of carbonyl (C=O) groups is 2. The normalized spacial score (nSPS) is 17.1. The minimum absolute atomic E-state index is 0.00192. The minimum Gasteiger partial charge on any atom is -0.450 e. The van der Waals surface area contributed by atoms with Crippen molar-refractivity contribution in [3.05, 3.63) is 106 Å². The fourth-order valence-corrected chi connectivity index (χ4v) is 6.79. The van der Waals surface area contributed by atoms with Gasteiger partial charge in [-0.25, -0.2) is 27.3 Å². The van der Waals surface area contributed by atoms with Crippen LogP contribution in [0.2, 0.25) is 0 Å². The number of carbonyl (C=O) groups excluding carboxylic acids is 2. The molecule has 0 fully saturated rings. The Morgan fingerprint density at radius 2 is 1.80 bits per heavy atom. The maximum atomic E-state index is 15.5. The number of ether oxygens (including phenoxy) is 1. The van der Waals surface area contributed by atoms with Crippen LogP contribution in [0.15, 0.2) is 60.8 Å². The average molecular weight is 779 g/mol. The SMILES string of the molecule is CCOC(=O)Nc1nnc2ccc(-c3ccc(C#CC(C)(C)O)nc3[C@H](Cc3cc(F)cc(F)c3)NC(=O)Cn3nc(C(F)F)c4c3C(F)(F)[C@@H]3C=C[C@H]43)cn12. The monoisotopic (exact) mass is 778 g/mol. The van der Waals surface area contributed by atoms with Crippen LogP contribution in [0.25, 0.3) is 16.8 Å². The molecule has 4 aromatic heterocycles. The number of anilines is 1. The molecule has 12 nitrogen and oxygen atoms in total. The first-order valence-corrected chi connectivity index (χ1v) is 17.3. The average Bonchev–Trinajstić information content (AvgIpc) is 3.70. The first-order valence-electron chi connectivity index (χ1n) is 17.3. The number of hydrogen-bond donors (Lipinski definition) is 3. The van der Waals surface area contributed by atoms with Gasteiger partial charge in [-0.2, -0.15) is 13.9 Å². The molecule has 0 radical (unpaired) electrons. The maximum Gasteiger partial charge on any atom is 0.414 e. The maximum absolute atomic E-state index is 15.5. The van der Waals surface area contributed by atoms with Crippen molar-refractivity contribution in [3.8, 4) is 23.0 Å². The van der Waals surface area contributed by atoms with E-state index < -0.39 is 77.4 Å². The third-order valence-corrected chi connectivity index (χ3v) is 9.15. The van der Waals surface area contributed by atoms with Crippen LogP contribution in [-0.2, 0) is 28.4 Å². The van der Waals surface area contributed by atoms with E-state index in [0.717, 1.165) is 12.1 Å². The van der Waals surface area contributed by atoms with E-state index in [1.165, 1.54) is 36.5 Å². The van der Waals surface area contributed by atoms with Crippen molar-refractivity contribution >= 4 is 23.6 Å². The van der Waals surface area contributed by atoms with E-state index in [2.05, 4.69) is 42.8 Å². The Labute approximate surface area is 314 Å². The Morgan fingerprint density at radius 1 is 1.05 bits per heavy atom. The topological polar surface area (TPSA) is 149 Å². The summed E-state index contributed by atoms with van der Waals surface area (Å²) in [6, 6.07) is 7.77. The molecular weight excluding hydrogens is 746 g/mol. The molecule has 3 atom stereocenters. The summed E-state index contributed by atoms with van der Waals surface area (Å²) in [6.45, 7) is 3.69. The number of fused-ring (bicyclic) bond motifs is 4. The number of halogens is 6. The number of benzene rings is 1. The zero-order valence-corrected chi connectivity index (χ0v) is 29.8. The van der Waals surface area contributed by atoms with Crippen LogP contribution < -0.4 is 10.6 Å². The molecule has 0 spiro atoms. The Morgan fingerprint density at radius 3 is 2.46 bits per heavy atom. The van der Waals surface area contributed by atoms with Crippen LogP contribution in [0.5, 0.6) is 0 Å². The molecule has 0 bridgehead atoms. The van der Waals surface area contributed by atoms with Gasteiger partial charge in [-0.1, -0.05) is 18.1 Å². The lowest BCUT2D eigenvalue weighted by Gasteiger charge is -2.27. The van der Waals surface area contributed by atoms with Crippen molar-refractivity contribution in [2.75, 3.05) is 11.9 Å². The molecule has 0 saturated carbocycles. The molecule has 290 valence electrons. The van der Waals surface area contributed by atoms with Gasteiger partial charge in [0.1, 0.15) is 40.9 Å². The number of pyridine rings is 2. The van der Waals surface area contributed by atoms with E-state index >= 15 is 8.78 Å². The summed E-state index contributed by atoms with van der Waals surface area (Å²) >= 11 is 0. The number of nitrogens with zero attached hydrogens (tertiary/aromatic N) is 6. The largest absolute Gasteiger partial charge is 0.450 e. The third-order valence-electron chi connectivity index (χ3n) is 9.15. The summed E-state index contributed by atoms with van der Waals surface area (Å²) < 4.78 is 95.2. The zero-order valence-electron chi connectivity index (χ0n) is 29.8. The molecule has 2 amide bonds. The molecule has 18 heteroatoms. The second-order valence-electron chi connectivity index (χ2n) is 13.7. The van der Waals surface area contributed by atoms with E-state index in [-0.39, 0.29) is 41.5 Å². The highest BCUT2D eigenvalue weighted by Gasteiger charge is 2.60. The highest BCUT2D eigenvalue weighted by atomic mass is 19.3. The van der Waals surface area contributed by atoms with Crippen molar-refractivity contribution < 1.29 is 45.8 Å². The summed E-state index contributed by atoms with van der Waals surface area (Å²) in [7, 11) is 0. The predicted octanol–water partition coefficient (Wildman–Crippen LogP) is 6.37. The second kappa shape index (κ2) is 14.5. The Hall–Kier alpha value is -6.22. The number of hydrogen-bond acceptors (Lipinski definition) is 8. The lowest BCUT2D eigenvalue weighted by molar-refractivity contribution is -0.123. The fraction of sp³-hybridized carbons (Fsp3) is 0.316. The van der Waals surface area contributed by atoms with Crippen LogP contribution in [0.4, 0.5) is 37.1 Å². The van der Waals surface area contributed by atoms with Gasteiger partial charge in [-0.05, 0) is 75.1 Å². The summed E-state index contributed by atoms with van der Waals surface area (Å²) in [5.41, 5.74) is -2.09. The molecule has 56 heavy (non-hydrogen) atoms. The van der Waals surface area contributed by atoms with Gasteiger partial charge in [-0.15, -0.1) is 10.2 Å². The molecule has 1 aromatic carbocycles. The number of aromatic nitrogens is 6. The van der Waals surface area contributed by atoms with Crippen LogP contribution in [-0.4, -0.2) is 58.7 Å². The first kappa shape index (κ1) is 38.1. The fourth-order valence-electron chi connectivity index (χ4n) is 6.79. The van der Waals surface area contributed by atoms with Gasteiger partial charge in [-0.3, -0.25) is 19.2 Å². The molecule has 2 aliphatic rings. The van der Waals surface area contributed by atoms with Crippen LogP contribution >= 0.6 is 0 Å². The number of nitrogens with one attached hydrogen (secondary N) is 2. The molecule has 0 saturated heterocycles. The molecule has 5 aromatic rings. The molecular formula is C38H32F6N8O4. The summed E-state index contributed by atoms with van der Waals surface area (Å²) in [5, 5.41) is 27.2. The van der Waals surface area contributed by atoms with E-state index in [9.17, 15) is 32.3 Å². The van der Waals surface area contributed by atoms with E-state index in [4.69, 9.17) is 4.74 Å². The van der Waals surface area contributed by atoms with Gasteiger partial charge in [0.05, 0.1) is 24.3 Å². The van der Waals surface area contributed by atoms with Crippen LogP contribution in [0.3, 0.4) is 0 Å². The van der Waals surface area contributed by atoms with Crippen molar-refractivity contribution in [2.24, 2.45) is 5.92 Å². The van der Waals surface area contributed by atoms with Crippen molar-refractivity contribution in [3.63, 3.8) is 0 Å². The van der Waals surface area contributed by atoms with Crippen LogP contribution in [0.1, 0.15) is 73.1 Å². The van der Waals surface area contributed by atoms with Gasteiger partial charge >= 0.3 is 6.09 Å². The number of allylic oxidation sites excluding steroid dienone is 2. The van der Waals surface area contributed by atoms with Gasteiger partial charge in [0.15, 0.2) is 5.65 Å². The highest BCUT2D eigenvalue weighted by molar-refractivity contribution is 5.83. The zero-order chi connectivity index (χ0) is 40.1. The Bertz CT molecular complexity index is 2440. The van der Waals surface area contributed by atoms with E-state index in [1.54, 1.807) is 31.3 Å². The Balaban J connectivity index is 1.33. The number of rotatable bonds is 10. The lowest BCUT2D eigenvalue weighted by Crippen LogP contribution is -2.35. The lowest BCUT2D eigenvalue weighted by atomic mass is 9.81. The quantitative estimate of drug-likeness (QED) is 0.0842. The van der Waals surface area contributed by atoms with Gasteiger partial charge in [0.25, 0.3) is 12.3 Å². The van der Waals surface area contributed by atoms with E-state index in [1.807, 2.05) is 0 Å². The number of alkyl halides is 4. The molecule has 0 aliphatic heterocycles. The Kier molecular flexibility index (Phi) is 9.83. The van der Waals surface area contributed by atoms with Crippen molar-refractivity contribution in [1.82, 2.24) is 34.7 Å². The second-order valence-corrected chi connectivity index (χ2v) is 13.7. The van der Waals surface area contributed by atoms with Gasteiger partial charge < -0.3 is 15.2 Å². The third kappa shape index (κ3) is 7.41. The highest BCUT2D eigenvalue weighted by Crippen LogP contribution is 2.59. The molecule has 4 heterocycles. The summed E-state index contributed by atoms with van der Waals surface area (Å²) in [6.07, 6.45) is -0.125. The smallest absolute Gasteiger partial charge is 0.414 e. The first-order chi connectivity index (χ1) is 26.5. The van der Waals surface area contributed by atoms with Gasteiger partial charge in [0, 0.05) is 34.9 Å². The minimum atomic E-state index is -3.59. The number of amides is 2. The molecule has 7 rings (SSSR count). The van der Waals surface area contributed by atoms with Crippen molar-refractivity contribution in [2.45, 2.75) is 63.6 Å². The standard InChI is InChI=1S/C38H32F6N8O4/c1-4-56-36(54)47-35-49-48-28-10-5-20(17-51(28)35)24-7-6-23(11-12-37(2,3)55)45-31(24)27(15-19-13-21(39)16-22(40)14-19)46-29(53)18-52-33-30(32(50-52)34(41)42)25-8-9-26(25)38(33,43)44/h5-10,13-14,16-17,25-27,34,55H,4,15,18H2,1-3H3,(H,46,53)(H,47,49,54)/t25-,26+,27-/m0/s1. The summed E-state index contributed by atoms with van der Waals surface area (Å²) in [4.78, 5) is 30.8. The molecule has 2 aliphatic carbocycles. The van der Waals surface area contributed by atoms with E-state index in [0.29, 0.717) is 27.5 Å². The number of aliphatic hydroxyl groups is 1.